The Morgan fingerprint density at radius 3 is 2.78 bits per heavy atom. The summed E-state index contributed by atoms with van der Waals surface area (Å²) >= 11 is 0. The summed E-state index contributed by atoms with van der Waals surface area (Å²) in [6.45, 7) is 7.52. The molecule has 4 aliphatic carbocycles. The van der Waals surface area contributed by atoms with Gasteiger partial charge in [0.2, 0.25) is 0 Å². The van der Waals surface area contributed by atoms with Gasteiger partial charge in [-0.15, -0.1) is 0 Å². The molecule has 1 N–H and O–H groups in total. The number of aryl methyl sites for hydroxylation is 1. The average molecular weight is 365 g/mol. The molecule has 27 heavy (non-hydrogen) atoms. The largest absolute Gasteiger partial charge is 0.508 e. The van der Waals surface area contributed by atoms with Crippen LogP contribution in [0, 0.1) is 40.9 Å². The molecular formula is C26H36O. The Labute approximate surface area is 165 Å². The van der Waals surface area contributed by atoms with Gasteiger partial charge in [0.25, 0.3) is 0 Å². The van der Waals surface area contributed by atoms with Crippen LogP contribution in [0.3, 0.4) is 0 Å². The third kappa shape index (κ3) is 2.88. The minimum atomic E-state index is 0.444. The molecule has 1 heteroatoms. The Hall–Kier alpha value is -1.24. The van der Waals surface area contributed by atoms with E-state index in [0.717, 1.165) is 47.8 Å². The second-order valence-corrected chi connectivity index (χ2v) is 10.6. The highest BCUT2D eigenvalue weighted by Crippen LogP contribution is 2.64. The van der Waals surface area contributed by atoms with Crippen molar-refractivity contribution in [3.8, 4) is 5.75 Å². The van der Waals surface area contributed by atoms with Crippen molar-refractivity contribution in [3.05, 3.63) is 41.5 Å². The molecule has 0 spiro atoms. The van der Waals surface area contributed by atoms with Crippen LogP contribution in [0.25, 0.3) is 0 Å². The van der Waals surface area contributed by atoms with Crippen LogP contribution in [0.4, 0.5) is 0 Å². The van der Waals surface area contributed by atoms with Gasteiger partial charge >= 0.3 is 0 Å². The molecule has 0 saturated heterocycles. The van der Waals surface area contributed by atoms with Crippen molar-refractivity contribution in [2.75, 3.05) is 0 Å². The van der Waals surface area contributed by atoms with Crippen molar-refractivity contribution in [2.24, 2.45) is 40.9 Å². The monoisotopic (exact) mass is 364 g/mol. The molecule has 0 amide bonds. The fourth-order valence-corrected chi connectivity index (χ4v) is 7.54. The van der Waals surface area contributed by atoms with Crippen molar-refractivity contribution >= 4 is 0 Å². The summed E-state index contributed by atoms with van der Waals surface area (Å²) in [5, 5.41) is 9.88. The molecule has 0 aliphatic heterocycles. The van der Waals surface area contributed by atoms with Gasteiger partial charge in [-0.05, 0) is 115 Å². The minimum absolute atomic E-state index is 0.444. The lowest BCUT2D eigenvalue weighted by Crippen LogP contribution is -2.43. The van der Waals surface area contributed by atoms with Crippen molar-refractivity contribution in [2.45, 2.75) is 71.6 Å². The second-order valence-electron chi connectivity index (χ2n) is 10.6. The van der Waals surface area contributed by atoms with Gasteiger partial charge in [-0.25, -0.2) is 0 Å². The maximum Gasteiger partial charge on any atom is 0.115 e. The van der Waals surface area contributed by atoms with E-state index in [4.69, 9.17) is 0 Å². The Morgan fingerprint density at radius 2 is 2.00 bits per heavy atom. The average Bonchev–Trinajstić information content (AvgIpc) is 3.24. The van der Waals surface area contributed by atoms with E-state index in [-0.39, 0.29) is 0 Å². The lowest BCUT2D eigenvalue weighted by atomic mass is 9.53. The van der Waals surface area contributed by atoms with Crippen LogP contribution in [0.15, 0.2) is 30.4 Å². The Morgan fingerprint density at radius 1 is 1.19 bits per heavy atom. The van der Waals surface area contributed by atoms with Crippen LogP contribution in [0.2, 0.25) is 0 Å². The number of fused-ring (bicyclic) bond motifs is 5. The number of rotatable bonds is 3. The molecule has 0 bridgehead atoms. The SMILES string of the molecule is CC1CC1/C=C/[C@@H](C)[C@H]1CC[C@H]2[C@@H]3CCc4cc(O)ccc4[C@H]3CC[C@]12C. The summed E-state index contributed by atoms with van der Waals surface area (Å²) in [7, 11) is 0. The third-order valence-electron chi connectivity index (χ3n) is 9.25. The number of allylic oxidation sites excluding steroid dienone is 2. The van der Waals surface area contributed by atoms with Gasteiger partial charge in [-0.3, -0.25) is 0 Å². The Bertz CT molecular complexity index is 749. The van der Waals surface area contributed by atoms with E-state index >= 15 is 0 Å². The smallest absolute Gasteiger partial charge is 0.115 e. The maximum atomic E-state index is 9.88. The lowest BCUT2D eigenvalue weighted by molar-refractivity contribution is 0.0178. The molecule has 0 radical (unpaired) electrons. The fraction of sp³-hybridized carbons (Fsp3) is 0.692. The molecule has 1 nitrogen and oxygen atoms in total. The molecule has 2 unspecified atom stereocenters. The first-order valence-corrected chi connectivity index (χ1v) is 11.5. The summed E-state index contributed by atoms with van der Waals surface area (Å²) < 4.78 is 0. The lowest BCUT2D eigenvalue weighted by Gasteiger charge is -2.51. The van der Waals surface area contributed by atoms with Gasteiger partial charge in [0.15, 0.2) is 0 Å². The zero-order chi connectivity index (χ0) is 18.8. The second kappa shape index (κ2) is 6.39. The number of hydrogen-bond donors (Lipinski definition) is 1. The van der Waals surface area contributed by atoms with Crippen LogP contribution in [0.1, 0.15) is 76.3 Å². The molecule has 4 aliphatic rings. The Kier molecular flexibility index (Phi) is 4.22. The number of benzene rings is 1. The van der Waals surface area contributed by atoms with E-state index in [1.54, 1.807) is 5.56 Å². The van der Waals surface area contributed by atoms with Crippen LogP contribution in [0.5, 0.6) is 5.75 Å². The molecule has 1 aromatic rings. The molecule has 5 rings (SSSR count). The van der Waals surface area contributed by atoms with Crippen LogP contribution in [-0.4, -0.2) is 5.11 Å². The van der Waals surface area contributed by atoms with E-state index in [2.05, 4.69) is 39.0 Å². The summed E-state index contributed by atoms with van der Waals surface area (Å²) in [4.78, 5) is 0. The summed E-state index contributed by atoms with van der Waals surface area (Å²) in [5.41, 5.74) is 3.52. The first-order valence-electron chi connectivity index (χ1n) is 11.5. The van der Waals surface area contributed by atoms with Gasteiger partial charge in [-0.1, -0.05) is 39.0 Å². The van der Waals surface area contributed by atoms with E-state index in [0.29, 0.717) is 11.2 Å². The first kappa shape index (κ1) is 17.8. The zero-order valence-corrected chi connectivity index (χ0v) is 17.3. The predicted octanol–water partition coefficient (Wildman–Crippen LogP) is 6.71. The van der Waals surface area contributed by atoms with E-state index in [1.807, 2.05) is 12.1 Å². The highest BCUT2D eigenvalue weighted by atomic mass is 16.3. The summed E-state index contributed by atoms with van der Waals surface area (Å²) in [6.07, 6.45) is 14.6. The molecule has 3 fully saturated rings. The molecule has 3 saturated carbocycles. The standard InChI is InChI=1S/C26H36O/c1-16(4-5-18-14-17(18)2)24-10-11-25-23-8-6-19-15-20(27)7-9-21(19)22(23)12-13-26(24,25)3/h4-5,7,9,15-18,22-25,27H,6,8,10-14H2,1-3H3/b5-4+/t16-,17?,18?,22-,23-,24-,25+,26-/m1/s1. The van der Waals surface area contributed by atoms with Gasteiger partial charge in [0.05, 0.1) is 0 Å². The van der Waals surface area contributed by atoms with Crippen molar-refractivity contribution < 1.29 is 5.11 Å². The molecule has 0 heterocycles. The Balaban J connectivity index is 1.36. The van der Waals surface area contributed by atoms with Crippen LogP contribution >= 0.6 is 0 Å². The third-order valence-corrected chi connectivity index (χ3v) is 9.25. The highest BCUT2D eigenvalue weighted by Gasteiger charge is 2.55. The maximum absolute atomic E-state index is 9.88. The van der Waals surface area contributed by atoms with E-state index < -0.39 is 0 Å². The molecule has 1 aromatic carbocycles. The number of phenols is 1. The van der Waals surface area contributed by atoms with Crippen molar-refractivity contribution in [3.63, 3.8) is 0 Å². The van der Waals surface area contributed by atoms with Crippen molar-refractivity contribution in [1.29, 1.82) is 0 Å². The fourth-order valence-electron chi connectivity index (χ4n) is 7.54. The first-order chi connectivity index (χ1) is 13.0. The zero-order valence-electron chi connectivity index (χ0n) is 17.3. The molecule has 0 aromatic heterocycles. The highest BCUT2D eigenvalue weighted by molar-refractivity contribution is 5.40. The number of aromatic hydroxyl groups is 1. The van der Waals surface area contributed by atoms with Gasteiger partial charge in [-0.2, -0.15) is 0 Å². The van der Waals surface area contributed by atoms with Crippen LogP contribution < -0.4 is 0 Å². The van der Waals surface area contributed by atoms with E-state index in [9.17, 15) is 5.11 Å². The van der Waals surface area contributed by atoms with Crippen LogP contribution in [-0.2, 0) is 6.42 Å². The number of hydrogen-bond acceptors (Lipinski definition) is 1. The topological polar surface area (TPSA) is 20.2 Å². The van der Waals surface area contributed by atoms with Gasteiger partial charge in [0.1, 0.15) is 5.75 Å². The van der Waals surface area contributed by atoms with Gasteiger partial charge < -0.3 is 5.11 Å². The quantitative estimate of drug-likeness (QED) is 0.591. The molecule has 146 valence electrons. The minimum Gasteiger partial charge on any atom is -0.508 e. The van der Waals surface area contributed by atoms with Crippen molar-refractivity contribution in [1.82, 2.24) is 0 Å². The molecular weight excluding hydrogens is 328 g/mol. The van der Waals surface area contributed by atoms with Gasteiger partial charge in [0, 0.05) is 0 Å². The molecule has 8 atom stereocenters. The number of phenolic OH excluding ortho intramolecular Hbond substituents is 1. The predicted molar refractivity (Wildman–Crippen MR) is 112 cm³/mol. The summed E-state index contributed by atoms with van der Waals surface area (Å²) in [6, 6.07) is 6.18. The normalized spacial score (nSPS) is 43.8. The van der Waals surface area contributed by atoms with E-state index in [1.165, 1.54) is 44.1 Å². The summed E-state index contributed by atoms with van der Waals surface area (Å²) in [5.74, 6) is 6.36.